The van der Waals surface area contributed by atoms with E-state index in [9.17, 15) is 9.59 Å². The first-order chi connectivity index (χ1) is 17.0. The van der Waals surface area contributed by atoms with Crippen LogP contribution in [0.5, 0.6) is 11.5 Å². The third-order valence-electron chi connectivity index (χ3n) is 9.12. The summed E-state index contributed by atoms with van der Waals surface area (Å²) in [6.45, 7) is 5.36. The number of ether oxygens (including phenoxy) is 2. The molecule has 2 saturated heterocycles. The number of carbonyl (C=O) groups excluding carboxylic acids is 2. The van der Waals surface area contributed by atoms with Crippen molar-refractivity contribution >= 4 is 11.8 Å². The number of piperidine rings is 1. The Morgan fingerprint density at radius 1 is 0.886 bits per heavy atom. The average molecular weight is 484 g/mol. The van der Waals surface area contributed by atoms with Gasteiger partial charge in [0, 0.05) is 51.2 Å². The van der Waals surface area contributed by atoms with E-state index in [0.717, 1.165) is 70.1 Å². The predicted octanol–water partition coefficient (Wildman–Crippen LogP) is 3.35. The van der Waals surface area contributed by atoms with Gasteiger partial charge in [0.25, 0.3) is 0 Å². The maximum atomic E-state index is 13.3. The number of carbonyl (C=O) groups is 2. The summed E-state index contributed by atoms with van der Waals surface area (Å²) in [7, 11) is 3.22. The summed E-state index contributed by atoms with van der Waals surface area (Å²) in [4.78, 5) is 33.0. The molecule has 4 fully saturated rings. The summed E-state index contributed by atoms with van der Waals surface area (Å²) in [6.07, 6.45) is 10.0. The standard InChI is InChI=1S/C28H41N3O4/c1-34-24-9-8-21(18-25(24)35-2)19-26(32)30-12-10-28(11-13-30)20-23(28)27(33)31-16-14-29(15-17-31)22-6-4-3-5-7-22/h8-9,18,22-23H,3-7,10-17,19-20H2,1-2H3/t23-/m0/s1. The molecule has 0 N–H and O–H groups in total. The van der Waals surface area contributed by atoms with Gasteiger partial charge in [0.15, 0.2) is 11.5 Å². The maximum absolute atomic E-state index is 13.3. The zero-order chi connectivity index (χ0) is 24.4. The summed E-state index contributed by atoms with van der Waals surface area (Å²) in [6, 6.07) is 6.40. The number of hydrogen-bond acceptors (Lipinski definition) is 5. The van der Waals surface area contributed by atoms with Gasteiger partial charge < -0.3 is 19.3 Å². The molecule has 1 aromatic carbocycles. The van der Waals surface area contributed by atoms with E-state index < -0.39 is 0 Å². The second kappa shape index (κ2) is 10.4. The van der Waals surface area contributed by atoms with Crippen LogP contribution < -0.4 is 9.47 Å². The van der Waals surface area contributed by atoms with Gasteiger partial charge in [-0.05, 0) is 55.2 Å². The van der Waals surface area contributed by atoms with Crippen LogP contribution in [0.3, 0.4) is 0 Å². The molecule has 35 heavy (non-hydrogen) atoms. The van der Waals surface area contributed by atoms with Crippen LogP contribution in [0.2, 0.25) is 0 Å². The number of hydrogen-bond donors (Lipinski definition) is 0. The second-order valence-electron chi connectivity index (χ2n) is 11.0. The Morgan fingerprint density at radius 2 is 1.57 bits per heavy atom. The second-order valence-corrected chi connectivity index (χ2v) is 11.0. The van der Waals surface area contributed by atoms with Crippen LogP contribution in [0.15, 0.2) is 18.2 Å². The first kappa shape index (κ1) is 24.4. The summed E-state index contributed by atoms with van der Waals surface area (Å²) < 4.78 is 10.7. The van der Waals surface area contributed by atoms with Gasteiger partial charge >= 0.3 is 0 Å². The van der Waals surface area contributed by atoms with Gasteiger partial charge in [-0.2, -0.15) is 0 Å². The minimum absolute atomic E-state index is 0.137. The lowest BCUT2D eigenvalue weighted by Gasteiger charge is -2.41. The molecule has 2 aliphatic heterocycles. The summed E-state index contributed by atoms with van der Waals surface area (Å²) >= 11 is 0. The van der Waals surface area contributed by atoms with E-state index in [4.69, 9.17) is 9.47 Å². The molecule has 192 valence electrons. The van der Waals surface area contributed by atoms with Crippen molar-refractivity contribution in [3.8, 4) is 11.5 Å². The fourth-order valence-electron chi connectivity index (χ4n) is 6.70. The largest absolute Gasteiger partial charge is 0.493 e. The highest BCUT2D eigenvalue weighted by atomic mass is 16.5. The Kier molecular flexibility index (Phi) is 7.24. The minimum atomic E-state index is 0.137. The molecule has 1 aromatic rings. The number of likely N-dealkylation sites (tertiary alicyclic amines) is 1. The normalized spacial score (nSPS) is 24.9. The van der Waals surface area contributed by atoms with Gasteiger partial charge in [-0.15, -0.1) is 0 Å². The molecule has 2 amide bonds. The average Bonchev–Trinajstić information content (AvgIpc) is 3.61. The number of rotatable bonds is 6. The molecule has 5 rings (SSSR count). The minimum Gasteiger partial charge on any atom is -0.493 e. The van der Waals surface area contributed by atoms with Gasteiger partial charge in [-0.1, -0.05) is 25.3 Å². The van der Waals surface area contributed by atoms with E-state index in [-0.39, 0.29) is 17.2 Å². The fraction of sp³-hybridized carbons (Fsp3) is 0.714. The van der Waals surface area contributed by atoms with Gasteiger partial charge in [-0.3, -0.25) is 14.5 Å². The summed E-state index contributed by atoms with van der Waals surface area (Å²) in [5.41, 5.74) is 1.07. The Bertz CT molecular complexity index is 913. The number of nitrogens with zero attached hydrogens (tertiary/aromatic N) is 3. The Hall–Kier alpha value is -2.28. The molecular formula is C28H41N3O4. The van der Waals surface area contributed by atoms with Gasteiger partial charge in [0.2, 0.25) is 11.8 Å². The highest BCUT2D eigenvalue weighted by molar-refractivity contribution is 5.83. The van der Waals surface area contributed by atoms with E-state index in [0.29, 0.717) is 23.8 Å². The molecule has 7 nitrogen and oxygen atoms in total. The van der Waals surface area contributed by atoms with E-state index >= 15 is 0 Å². The number of benzene rings is 1. The topological polar surface area (TPSA) is 62.3 Å². The highest BCUT2D eigenvalue weighted by Gasteiger charge is 2.59. The molecule has 4 aliphatic rings. The van der Waals surface area contributed by atoms with Crippen LogP contribution in [0.25, 0.3) is 0 Å². The summed E-state index contributed by atoms with van der Waals surface area (Å²) in [5.74, 6) is 2.01. The third kappa shape index (κ3) is 5.16. The van der Waals surface area contributed by atoms with Crippen molar-refractivity contribution < 1.29 is 19.1 Å². The first-order valence-corrected chi connectivity index (χ1v) is 13.5. The van der Waals surface area contributed by atoms with Crippen molar-refractivity contribution in [1.82, 2.24) is 14.7 Å². The fourth-order valence-corrected chi connectivity index (χ4v) is 6.70. The molecular weight excluding hydrogens is 442 g/mol. The summed E-state index contributed by atoms with van der Waals surface area (Å²) in [5, 5.41) is 0. The molecule has 1 spiro atoms. The molecule has 2 heterocycles. The van der Waals surface area contributed by atoms with Crippen molar-refractivity contribution in [3.63, 3.8) is 0 Å². The van der Waals surface area contributed by atoms with Crippen LogP contribution in [0, 0.1) is 11.3 Å². The monoisotopic (exact) mass is 483 g/mol. The maximum Gasteiger partial charge on any atom is 0.226 e. The molecule has 0 aromatic heterocycles. The quantitative estimate of drug-likeness (QED) is 0.621. The number of methoxy groups -OCH3 is 2. The van der Waals surface area contributed by atoms with Gasteiger partial charge in [0.1, 0.15) is 0 Å². The Labute approximate surface area is 209 Å². The zero-order valence-corrected chi connectivity index (χ0v) is 21.5. The van der Waals surface area contributed by atoms with Crippen LogP contribution >= 0.6 is 0 Å². The predicted molar refractivity (Wildman–Crippen MR) is 135 cm³/mol. The lowest BCUT2D eigenvalue weighted by Crippen LogP contribution is -2.53. The van der Waals surface area contributed by atoms with Crippen molar-refractivity contribution in [2.24, 2.45) is 11.3 Å². The van der Waals surface area contributed by atoms with Crippen molar-refractivity contribution in [3.05, 3.63) is 23.8 Å². The van der Waals surface area contributed by atoms with Crippen molar-refractivity contribution in [2.45, 2.75) is 63.8 Å². The van der Waals surface area contributed by atoms with Crippen LogP contribution in [0.4, 0.5) is 0 Å². The van der Waals surface area contributed by atoms with Crippen molar-refractivity contribution in [2.75, 3.05) is 53.5 Å². The van der Waals surface area contributed by atoms with E-state index in [2.05, 4.69) is 9.80 Å². The third-order valence-corrected chi connectivity index (χ3v) is 9.12. The Balaban J connectivity index is 1.08. The smallest absolute Gasteiger partial charge is 0.226 e. The van der Waals surface area contributed by atoms with E-state index in [1.54, 1.807) is 14.2 Å². The lowest BCUT2D eigenvalue weighted by molar-refractivity contribution is -0.136. The molecule has 7 heteroatoms. The lowest BCUT2D eigenvalue weighted by atomic mass is 9.90. The van der Waals surface area contributed by atoms with Crippen LogP contribution in [-0.4, -0.2) is 86.0 Å². The Morgan fingerprint density at radius 3 is 2.23 bits per heavy atom. The molecule has 0 unspecified atom stereocenters. The molecule has 2 aliphatic carbocycles. The zero-order valence-electron chi connectivity index (χ0n) is 21.5. The van der Waals surface area contributed by atoms with Crippen LogP contribution in [-0.2, 0) is 16.0 Å². The first-order valence-electron chi connectivity index (χ1n) is 13.5. The van der Waals surface area contributed by atoms with Gasteiger partial charge in [0.05, 0.1) is 20.6 Å². The SMILES string of the molecule is COc1ccc(CC(=O)N2CCC3(CC2)C[C@H]3C(=O)N2CCN(C3CCCCC3)CC2)cc1OC. The van der Waals surface area contributed by atoms with E-state index in [1.165, 1.54) is 32.1 Å². The number of amides is 2. The van der Waals surface area contributed by atoms with E-state index in [1.807, 2.05) is 23.1 Å². The molecule has 1 atom stereocenters. The van der Waals surface area contributed by atoms with Crippen molar-refractivity contribution in [1.29, 1.82) is 0 Å². The molecule has 0 bridgehead atoms. The van der Waals surface area contributed by atoms with Gasteiger partial charge in [-0.25, -0.2) is 0 Å². The highest BCUT2D eigenvalue weighted by Crippen LogP contribution is 2.60. The molecule has 0 radical (unpaired) electrons. The number of piperazine rings is 1. The molecule has 2 saturated carbocycles. The van der Waals surface area contributed by atoms with Crippen LogP contribution in [0.1, 0.15) is 56.9 Å².